The number of hydrogen-bond acceptors (Lipinski definition) is 5. The van der Waals surface area contributed by atoms with E-state index in [0.29, 0.717) is 16.7 Å². The van der Waals surface area contributed by atoms with Crippen LogP contribution in [-0.2, 0) is 9.59 Å². The van der Waals surface area contributed by atoms with Crippen molar-refractivity contribution >= 4 is 68.2 Å². The Balaban J connectivity index is 1.44. The van der Waals surface area contributed by atoms with Crippen LogP contribution in [0.4, 0.5) is 5.69 Å². The lowest BCUT2D eigenvalue weighted by Crippen LogP contribution is -2.46. The van der Waals surface area contributed by atoms with Crippen molar-refractivity contribution in [2.75, 3.05) is 4.90 Å². The highest BCUT2D eigenvalue weighted by atomic mass is 79.9. The number of Topliss-reactive ketones (excluding diaryl/α,β-unsaturated/α-hetero) is 2. The minimum atomic E-state index is -0.969. The molecule has 0 N–H and O–H groups in total. The van der Waals surface area contributed by atoms with E-state index in [2.05, 4.69) is 15.9 Å². The van der Waals surface area contributed by atoms with E-state index >= 15 is 0 Å². The molecule has 194 valence electrons. The first-order valence-electron chi connectivity index (χ1n) is 12.2. The summed E-state index contributed by atoms with van der Waals surface area (Å²) in [7, 11) is 0. The third-order valence-electron chi connectivity index (χ3n) is 7.35. The summed E-state index contributed by atoms with van der Waals surface area (Å²) in [5.74, 6) is -3.33. The molecule has 2 fully saturated rings. The summed E-state index contributed by atoms with van der Waals surface area (Å²) in [5, 5.41) is 0.547. The summed E-state index contributed by atoms with van der Waals surface area (Å²) in [4.78, 5) is 57.8. The summed E-state index contributed by atoms with van der Waals surface area (Å²) < 4.78 is 0.808. The van der Waals surface area contributed by atoms with E-state index in [-0.39, 0.29) is 27.3 Å². The Morgan fingerprint density at radius 1 is 0.795 bits per heavy atom. The van der Waals surface area contributed by atoms with Crippen LogP contribution < -0.4 is 4.90 Å². The maximum atomic E-state index is 13.9. The molecular weight excluding hydrogens is 603 g/mol. The summed E-state index contributed by atoms with van der Waals surface area (Å²) >= 11 is 15.7. The van der Waals surface area contributed by atoms with Crippen LogP contribution >= 0.6 is 39.1 Å². The van der Waals surface area contributed by atoms with Gasteiger partial charge in [-0.25, -0.2) is 4.90 Å². The standard InChI is InChI=1S/C30H19BrCl2N2O4/c31-19-8-6-17(7-9-19)28(37)26-25-24(29(38)35(30(25)39)22-14-20(32)13-21(33)15-22)23-12-18(10-11-34(23)26)27(36)16-4-2-1-3-5-16/h1-15,23-26H/t23-,24+,25+,26+/m1/s1. The van der Waals surface area contributed by atoms with Crippen LogP contribution in [0.5, 0.6) is 0 Å². The van der Waals surface area contributed by atoms with Gasteiger partial charge in [-0.05, 0) is 36.4 Å². The largest absolute Gasteiger partial charge is 0.359 e. The molecule has 0 radical (unpaired) electrons. The van der Waals surface area contributed by atoms with E-state index in [1.54, 1.807) is 71.8 Å². The number of halogens is 3. The van der Waals surface area contributed by atoms with Crippen LogP contribution in [0.15, 0.2) is 101 Å². The van der Waals surface area contributed by atoms with E-state index in [1.807, 2.05) is 6.07 Å². The number of ketones is 2. The molecule has 4 atom stereocenters. The Morgan fingerprint density at radius 2 is 1.44 bits per heavy atom. The quantitative estimate of drug-likeness (QED) is 0.253. The molecule has 3 aliphatic rings. The van der Waals surface area contributed by atoms with Gasteiger partial charge in [0.1, 0.15) is 6.04 Å². The molecule has 2 saturated heterocycles. The molecule has 0 aromatic heterocycles. The third kappa shape index (κ3) is 4.35. The van der Waals surface area contributed by atoms with Gasteiger partial charge in [0, 0.05) is 37.4 Å². The minimum Gasteiger partial charge on any atom is -0.359 e. The number of anilines is 1. The number of amides is 2. The predicted octanol–water partition coefficient (Wildman–Crippen LogP) is 6.13. The van der Waals surface area contributed by atoms with E-state index in [9.17, 15) is 19.2 Å². The maximum Gasteiger partial charge on any atom is 0.240 e. The van der Waals surface area contributed by atoms with E-state index < -0.39 is 35.7 Å². The number of carbonyl (C=O) groups is 4. The highest BCUT2D eigenvalue weighted by molar-refractivity contribution is 9.10. The fourth-order valence-corrected chi connectivity index (χ4v) is 6.44. The summed E-state index contributed by atoms with van der Waals surface area (Å²) in [6.07, 6.45) is 4.99. The highest BCUT2D eigenvalue weighted by Gasteiger charge is 2.63. The van der Waals surface area contributed by atoms with Gasteiger partial charge in [-0.3, -0.25) is 19.2 Å². The van der Waals surface area contributed by atoms with Crippen LogP contribution in [0, 0.1) is 11.8 Å². The van der Waals surface area contributed by atoms with Gasteiger partial charge >= 0.3 is 0 Å². The molecule has 0 unspecified atom stereocenters. The van der Waals surface area contributed by atoms with Crippen molar-refractivity contribution in [2.24, 2.45) is 11.8 Å². The minimum absolute atomic E-state index is 0.207. The average molecular weight is 622 g/mol. The Hall–Kier alpha value is -3.52. The zero-order valence-corrected chi connectivity index (χ0v) is 23.2. The Morgan fingerprint density at radius 3 is 2.10 bits per heavy atom. The van der Waals surface area contributed by atoms with Gasteiger partial charge in [0.15, 0.2) is 11.6 Å². The summed E-state index contributed by atoms with van der Waals surface area (Å²) in [5.41, 5.74) is 1.55. The van der Waals surface area contributed by atoms with Crippen molar-refractivity contribution in [1.29, 1.82) is 0 Å². The number of allylic oxidation sites excluding steroid dienone is 2. The van der Waals surface area contributed by atoms with E-state index in [1.165, 1.54) is 18.2 Å². The number of fused-ring (bicyclic) bond motifs is 3. The van der Waals surface area contributed by atoms with Crippen molar-refractivity contribution < 1.29 is 19.2 Å². The van der Waals surface area contributed by atoms with Crippen LogP contribution in [-0.4, -0.2) is 40.4 Å². The normalized spacial score (nSPS) is 23.5. The van der Waals surface area contributed by atoms with Gasteiger partial charge in [-0.1, -0.05) is 87.7 Å². The Kier molecular flexibility index (Phi) is 6.53. The number of benzene rings is 3. The molecule has 3 aromatic rings. The maximum absolute atomic E-state index is 13.9. The smallest absolute Gasteiger partial charge is 0.240 e. The molecule has 39 heavy (non-hydrogen) atoms. The van der Waals surface area contributed by atoms with Crippen LogP contribution in [0.1, 0.15) is 20.7 Å². The van der Waals surface area contributed by atoms with E-state index in [4.69, 9.17) is 23.2 Å². The molecule has 6 rings (SSSR count). The van der Waals surface area contributed by atoms with Crippen molar-refractivity contribution in [3.8, 4) is 0 Å². The lowest BCUT2D eigenvalue weighted by atomic mass is 9.85. The summed E-state index contributed by atoms with van der Waals surface area (Å²) in [6.45, 7) is 0. The van der Waals surface area contributed by atoms with Crippen molar-refractivity contribution in [2.45, 2.75) is 12.1 Å². The molecule has 0 aliphatic carbocycles. The molecule has 3 heterocycles. The number of rotatable bonds is 5. The first-order chi connectivity index (χ1) is 18.7. The van der Waals surface area contributed by atoms with Crippen molar-refractivity contribution in [3.63, 3.8) is 0 Å². The second kappa shape index (κ2) is 9.90. The first kappa shape index (κ1) is 25.7. The molecule has 9 heteroatoms. The number of hydrogen-bond donors (Lipinski definition) is 0. The average Bonchev–Trinajstić information content (AvgIpc) is 3.39. The van der Waals surface area contributed by atoms with Gasteiger partial charge in [-0.15, -0.1) is 0 Å². The Labute approximate surface area is 242 Å². The van der Waals surface area contributed by atoms with Gasteiger partial charge in [0.05, 0.1) is 23.6 Å². The lowest BCUT2D eigenvalue weighted by molar-refractivity contribution is -0.123. The lowest BCUT2D eigenvalue weighted by Gasteiger charge is -2.33. The SMILES string of the molecule is O=C(C1=C[C@@H]2[C@@H]3C(=O)N(c4cc(Cl)cc(Cl)c4)C(=O)[C@@H]3[C@@H](C(=O)c3ccc(Br)cc3)N2C=C1)c1ccccc1. The molecule has 6 nitrogen and oxygen atoms in total. The number of nitrogens with zero attached hydrogens (tertiary/aromatic N) is 2. The van der Waals surface area contributed by atoms with Crippen LogP contribution in [0.25, 0.3) is 0 Å². The molecule has 0 saturated carbocycles. The van der Waals surface area contributed by atoms with Crippen molar-refractivity contribution in [1.82, 2.24) is 4.90 Å². The number of imide groups is 1. The van der Waals surface area contributed by atoms with Crippen LogP contribution in [0.3, 0.4) is 0 Å². The monoisotopic (exact) mass is 620 g/mol. The fourth-order valence-electron chi connectivity index (χ4n) is 5.66. The topological polar surface area (TPSA) is 74.8 Å². The van der Waals surface area contributed by atoms with Crippen LogP contribution in [0.2, 0.25) is 10.0 Å². The first-order valence-corrected chi connectivity index (χ1v) is 13.7. The van der Waals surface area contributed by atoms with Gasteiger partial charge in [-0.2, -0.15) is 0 Å². The molecule has 3 aliphatic heterocycles. The molecule has 2 amide bonds. The zero-order valence-electron chi connectivity index (χ0n) is 20.1. The molecule has 3 aromatic carbocycles. The third-order valence-corrected chi connectivity index (χ3v) is 8.31. The Bertz CT molecular complexity index is 1580. The fraction of sp³-hybridized carbons (Fsp3) is 0.133. The highest BCUT2D eigenvalue weighted by Crippen LogP contribution is 2.47. The van der Waals surface area contributed by atoms with Gasteiger partial charge in [0.2, 0.25) is 11.8 Å². The molecular formula is C30H19BrCl2N2O4. The van der Waals surface area contributed by atoms with Crippen molar-refractivity contribution in [3.05, 3.63) is 122 Å². The second-order valence-corrected chi connectivity index (χ2v) is 11.4. The van der Waals surface area contributed by atoms with Gasteiger partial charge in [0.25, 0.3) is 0 Å². The summed E-state index contributed by atoms with van der Waals surface area (Å²) in [6, 6.07) is 18.5. The predicted molar refractivity (Wildman–Crippen MR) is 152 cm³/mol. The molecule has 0 spiro atoms. The van der Waals surface area contributed by atoms with E-state index in [0.717, 1.165) is 9.37 Å². The van der Waals surface area contributed by atoms with Gasteiger partial charge < -0.3 is 4.90 Å². The zero-order chi connectivity index (χ0) is 27.4. The number of carbonyl (C=O) groups excluding carboxylic acids is 4. The molecule has 0 bridgehead atoms. The second-order valence-electron chi connectivity index (χ2n) is 9.58.